The van der Waals surface area contributed by atoms with Gasteiger partial charge in [0.1, 0.15) is 11.4 Å². The number of amides is 1. The second-order valence-corrected chi connectivity index (χ2v) is 6.42. The number of hydrogen-bond acceptors (Lipinski definition) is 4. The Hall–Kier alpha value is -1.94. The number of halogens is 2. The number of hydrogen-bond donors (Lipinski definition) is 1. The molecule has 122 valence electrons. The highest BCUT2D eigenvalue weighted by molar-refractivity contribution is 9.10. The zero-order valence-electron chi connectivity index (χ0n) is 12.4. The summed E-state index contributed by atoms with van der Waals surface area (Å²) in [6.07, 6.45) is 3.96. The third-order valence-electron chi connectivity index (χ3n) is 3.79. The molecule has 1 aromatic rings. The Morgan fingerprint density at radius 1 is 1.35 bits per heavy atom. The Bertz CT molecular complexity index is 651. The lowest BCUT2D eigenvalue weighted by Crippen LogP contribution is -2.50. The zero-order valence-corrected chi connectivity index (χ0v) is 14.0. The van der Waals surface area contributed by atoms with Gasteiger partial charge in [-0.3, -0.25) is 4.79 Å². The fourth-order valence-corrected chi connectivity index (χ4v) is 2.92. The largest absolute Gasteiger partial charge is 0.452 e. The normalized spacial score (nSPS) is 16.2. The van der Waals surface area contributed by atoms with Gasteiger partial charge < -0.3 is 10.1 Å². The van der Waals surface area contributed by atoms with Crippen LogP contribution >= 0.6 is 15.9 Å². The monoisotopic (exact) mass is 382 g/mol. The molecule has 1 aromatic carbocycles. The van der Waals surface area contributed by atoms with Crippen molar-refractivity contribution in [1.82, 2.24) is 5.32 Å². The molecule has 0 heterocycles. The SMILES string of the molecule is N#CC1(NC(=O)COC(=O)c2ccc(Br)cc2F)CCCCC1. The molecular formula is C16H16BrFN2O3. The molecule has 0 aromatic heterocycles. The van der Waals surface area contributed by atoms with Crippen LogP contribution in [0, 0.1) is 17.1 Å². The molecule has 1 amide bonds. The molecule has 0 aliphatic heterocycles. The predicted octanol–water partition coefficient (Wildman–Crippen LogP) is 3.09. The Balaban J connectivity index is 1.91. The third kappa shape index (κ3) is 4.52. The molecule has 1 aliphatic rings. The molecule has 0 spiro atoms. The fourth-order valence-electron chi connectivity index (χ4n) is 2.59. The molecule has 23 heavy (non-hydrogen) atoms. The van der Waals surface area contributed by atoms with Crippen LogP contribution in [0.3, 0.4) is 0 Å². The van der Waals surface area contributed by atoms with Crippen LogP contribution in [0.25, 0.3) is 0 Å². The fraction of sp³-hybridized carbons (Fsp3) is 0.438. The van der Waals surface area contributed by atoms with Gasteiger partial charge in [0.05, 0.1) is 11.6 Å². The van der Waals surface area contributed by atoms with Gasteiger partial charge in [-0.2, -0.15) is 5.26 Å². The van der Waals surface area contributed by atoms with Crippen molar-refractivity contribution in [1.29, 1.82) is 5.26 Å². The van der Waals surface area contributed by atoms with Crippen LogP contribution in [0.2, 0.25) is 0 Å². The quantitative estimate of drug-likeness (QED) is 0.811. The van der Waals surface area contributed by atoms with E-state index in [1.54, 1.807) is 0 Å². The van der Waals surface area contributed by atoms with Crippen molar-refractivity contribution in [2.24, 2.45) is 0 Å². The molecule has 0 radical (unpaired) electrons. The van der Waals surface area contributed by atoms with Crippen molar-refractivity contribution in [2.75, 3.05) is 6.61 Å². The molecule has 1 aliphatic carbocycles. The molecule has 2 rings (SSSR count). The van der Waals surface area contributed by atoms with E-state index in [0.29, 0.717) is 17.3 Å². The highest BCUT2D eigenvalue weighted by atomic mass is 79.9. The van der Waals surface area contributed by atoms with E-state index < -0.39 is 29.8 Å². The summed E-state index contributed by atoms with van der Waals surface area (Å²) in [6.45, 7) is -0.544. The van der Waals surface area contributed by atoms with Crippen molar-refractivity contribution in [3.63, 3.8) is 0 Å². The minimum absolute atomic E-state index is 0.242. The molecule has 0 bridgehead atoms. The van der Waals surface area contributed by atoms with Crippen molar-refractivity contribution in [3.05, 3.63) is 34.1 Å². The van der Waals surface area contributed by atoms with E-state index in [0.717, 1.165) is 25.3 Å². The maximum atomic E-state index is 13.6. The lowest BCUT2D eigenvalue weighted by Gasteiger charge is -2.31. The summed E-state index contributed by atoms with van der Waals surface area (Å²) in [5.41, 5.74) is -1.13. The highest BCUT2D eigenvalue weighted by Crippen LogP contribution is 2.27. The average molecular weight is 383 g/mol. The van der Waals surface area contributed by atoms with E-state index in [1.807, 2.05) is 0 Å². The Labute approximate surface area is 141 Å². The molecule has 1 saturated carbocycles. The van der Waals surface area contributed by atoms with Gasteiger partial charge in [-0.1, -0.05) is 35.2 Å². The van der Waals surface area contributed by atoms with Gasteiger partial charge in [0, 0.05) is 4.47 Å². The smallest absolute Gasteiger partial charge is 0.341 e. The van der Waals surface area contributed by atoms with Crippen LogP contribution in [0.15, 0.2) is 22.7 Å². The zero-order chi connectivity index (χ0) is 16.9. The van der Waals surface area contributed by atoms with Crippen LogP contribution in [-0.2, 0) is 9.53 Å². The number of nitrogens with zero attached hydrogens (tertiary/aromatic N) is 1. The summed E-state index contributed by atoms with van der Waals surface area (Å²) in [7, 11) is 0. The second-order valence-electron chi connectivity index (χ2n) is 5.50. The second kappa shape index (κ2) is 7.55. The van der Waals surface area contributed by atoms with Crippen LogP contribution in [0.1, 0.15) is 42.5 Å². The summed E-state index contributed by atoms with van der Waals surface area (Å²) in [4.78, 5) is 23.7. The number of nitrogens with one attached hydrogen (secondary N) is 1. The molecule has 0 saturated heterocycles. The van der Waals surface area contributed by atoms with Gasteiger partial charge in [-0.05, 0) is 31.0 Å². The number of carbonyl (C=O) groups is 2. The van der Waals surface area contributed by atoms with E-state index in [2.05, 4.69) is 27.3 Å². The minimum atomic E-state index is -0.917. The molecule has 5 nitrogen and oxygen atoms in total. The van der Waals surface area contributed by atoms with Gasteiger partial charge >= 0.3 is 5.97 Å². The maximum Gasteiger partial charge on any atom is 0.341 e. The summed E-state index contributed by atoms with van der Waals surface area (Å²) in [6, 6.07) is 6.07. The number of nitriles is 1. The number of esters is 1. The summed E-state index contributed by atoms with van der Waals surface area (Å²) < 4.78 is 19.0. The van der Waals surface area contributed by atoms with Crippen molar-refractivity contribution in [3.8, 4) is 6.07 Å². The van der Waals surface area contributed by atoms with Crippen LogP contribution < -0.4 is 5.32 Å². The molecule has 1 N–H and O–H groups in total. The predicted molar refractivity (Wildman–Crippen MR) is 84.0 cm³/mol. The average Bonchev–Trinajstić information content (AvgIpc) is 2.53. The lowest BCUT2D eigenvalue weighted by molar-refractivity contribution is -0.125. The Morgan fingerprint density at radius 2 is 2.04 bits per heavy atom. The first-order valence-corrected chi connectivity index (χ1v) is 8.09. The number of benzene rings is 1. The Kier molecular flexibility index (Phi) is 5.72. The van der Waals surface area contributed by atoms with Gasteiger partial charge in [-0.25, -0.2) is 9.18 Å². The first-order chi connectivity index (χ1) is 11.0. The summed E-state index contributed by atoms with van der Waals surface area (Å²) >= 11 is 3.09. The number of rotatable bonds is 4. The first kappa shape index (κ1) is 17.4. The van der Waals surface area contributed by atoms with E-state index >= 15 is 0 Å². The minimum Gasteiger partial charge on any atom is -0.452 e. The lowest BCUT2D eigenvalue weighted by atomic mass is 9.83. The van der Waals surface area contributed by atoms with E-state index in [-0.39, 0.29) is 5.56 Å². The summed E-state index contributed by atoms with van der Waals surface area (Å²) in [5, 5.41) is 11.9. The van der Waals surface area contributed by atoms with Gasteiger partial charge in [0.15, 0.2) is 6.61 Å². The van der Waals surface area contributed by atoms with E-state index in [1.165, 1.54) is 12.1 Å². The third-order valence-corrected chi connectivity index (χ3v) is 4.28. The van der Waals surface area contributed by atoms with Crippen molar-refractivity contribution >= 4 is 27.8 Å². The molecule has 7 heteroatoms. The molecule has 0 unspecified atom stereocenters. The standard InChI is InChI=1S/C16H16BrFN2O3/c17-11-4-5-12(13(18)8-11)15(22)23-9-14(21)20-16(10-19)6-2-1-3-7-16/h4-5,8H,1-3,6-7,9H2,(H,20,21). The van der Waals surface area contributed by atoms with Crippen molar-refractivity contribution < 1.29 is 18.7 Å². The van der Waals surface area contributed by atoms with Gasteiger partial charge in [-0.15, -0.1) is 0 Å². The molecule has 1 fully saturated rings. The van der Waals surface area contributed by atoms with Crippen LogP contribution in [-0.4, -0.2) is 24.0 Å². The molecular weight excluding hydrogens is 367 g/mol. The van der Waals surface area contributed by atoms with Gasteiger partial charge in [0.2, 0.25) is 0 Å². The first-order valence-electron chi connectivity index (χ1n) is 7.30. The Morgan fingerprint density at radius 3 is 2.65 bits per heavy atom. The van der Waals surface area contributed by atoms with Crippen LogP contribution in [0.5, 0.6) is 0 Å². The van der Waals surface area contributed by atoms with E-state index in [4.69, 9.17) is 4.74 Å². The topological polar surface area (TPSA) is 79.2 Å². The maximum absolute atomic E-state index is 13.6. The van der Waals surface area contributed by atoms with E-state index in [9.17, 15) is 19.2 Å². The summed E-state index contributed by atoms with van der Waals surface area (Å²) in [5.74, 6) is -2.20. The molecule has 0 atom stereocenters. The van der Waals surface area contributed by atoms with Crippen LogP contribution in [0.4, 0.5) is 4.39 Å². The van der Waals surface area contributed by atoms with Crippen molar-refractivity contribution in [2.45, 2.75) is 37.6 Å². The highest BCUT2D eigenvalue weighted by Gasteiger charge is 2.33. The van der Waals surface area contributed by atoms with Gasteiger partial charge in [0.25, 0.3) is 5.91 Å². The number of ether oxygens (including phenoxy) is 1. The number of carbonyl (C=O) groups excluding carboxylic acids is 2.